The second kappa shape index (κ2) is 7.49. The number of carboxylic acid groups (broad SMARTS) is 1. The summed E-state index contributed by atoms with van der Waals surface area (Å²) in [6.45, 7) is 1.93. The van der Waals surface area contributed by atoms with Crippen molar-refractivity contribution in [2.75, 3.05) is 6.61 Å². The summed E-state index contributed by atoms with van der Waals surface area (Å²) in [7, 11) is 1.80. The minimum atomic E-state index is -1.18. The number of aromatic nitrogens is 2. The lowest BCUT2D eigenvalue weighted by Gasteiger charge is -2.13. The van der Waals surface area contributed by atoms with Gasteiger partial charge in [-0.15, -0.1) is 0 Å². The standard InChI is InChI=1S/C12H20N4O4/c1-3-9-8(7-16(2)15-9)6-13-12(20)14-10(4-5-17)11(18)19/h7,10,17H,3-6H2,1-2H3,(H,18,19)(H2,13,14,20). The van der Waals surface area contributed by atoms with Gasteiger partial charge in [0.05, 0.1) is 5.69 Å². The second-order valence-corrected chi connectivity index (χ2v) is 4.36. The van der Waals surface area contributed by atoms with E-state index < -0.39 is 18.0 Å². The average Bonchev–Trinajstić information content (AvgIpc) is 2.76. The Hall–Kier alpha value is -2.09. The van der Waals surface area contributed by atoms with Crippen molar-refractivity contribution in [3.8, 4) is 0 Å². The fourth-order valence-electron chi connectivity index (χ4n) is 1.80. The van der Waals surface area contributed by atoms with E-state index >= 15 is 0 Å². The van der Waals surface area contributed by atoms with Crippen LogP contribution in [0.3, 0.4) is 0 Å². The molecular formula is C12H20N4O4. The van der Waals surface area contributed by atoms with Crippen LogP contribution in [0.1, 0.15) is 24.6 Å². The Morgan fingerprint density at radius 3 is 2.75 bits per heavy atom. The van der Waals surface area contributed by atoms with E-state index in [0.29, 0.717) is 0 Å². The maximum Gasteiger partial charge on any atom is 0.326 e. The zero-order valence-electron chi connectivity index (χ0n) is 11.6. The van der Waals surface area contributed by atoms with Gasteiger partial charge in [0.25, 0.3) is 0 Å². The largest absolute Gasteiger partial charge is 0.480 e. The highest BCUT2D eigenvalue weighted by molar-refractivity contribution is 5.82. The lowest BCUT2D eigenvalue weighted by molar-refractivity contribution is -0.139. The molecular weight excluding hydrogens is 264 g/mol. The van der Waals surface area contributed by atoms with Gasteiger partial charge in [-0.2, -0.15) is 5.10 Å². The van der Waals surface area contributed by atoms with Crippen LogP contribution in [0, 0.1) is 0 Å². The van der Waals surface area contributed by atoms with Gasteiger partial charge in [0.1, 0.15) is 6.04 Å². The molecule has 112 valence electrons. The van der Waals surface area contributed by atoms with Crippen molar-refractivity contribution in [1.82, 2.24) is 20.4 Å². The van der Waals surface area contributed by atoms with Gasteiger partial charge in [-0.25, -0.2) is 9.59 Å². The van der Waals surface area contributed by atoms with E-state index in [1.54, 1.807) is 11.7 Å². The number of carbonyl (C=O) groups excluding carboxylic acids is 1. The third-order valence-corrected chi connectivity index (χ3v) is 2.79. The minimum absolute atomic E-state index is 0.0319. The molecule has 0 bridgehead atoms. The van der Waals surface area contributed by atoms with Crippen LogP contribution in [0.25, 0.3) is 0 Å². The van der Waals surface area contributed by atoms with Crippen LogP contribution in [0.4, 0.5) is 4.79 Å². The Morgan fingerprint density at radius 2 is 2.20 bits per heavy atom. The molecule has 1 rings (SSSR count). The van der Waals surface area contributed by atoms with E-state index in [2.05, 4.69) is 15.7 Å². The summed E-state index contributed by atoms with van der Waals surface area (Å²) < 4.78 is 1.67. The van der Waals surface area contributed by atoms with E-state index in [-0.39, 0.29) is 19.6 Å². The van der Waals surface area contributed by atoms with E-state index in [0.717, 1.165) is 17.7 Å². The lowest BCUT2D eigenvalue weighted by atomic mass is 10.2. The monoisotopic (exact) mass is 284 g/mol. The molecule has 0 aliphatic heterocycles. The first-order valence-corrected chi connectivity index (χ1v) is 6.37. The van der Waals surface area contributed by atoms with Crippen LogP contribution in [0.2, 0.25) is 0 Å². The molecule has 1 heterocycles. The number of carbonyl (C=O) groups is 2. The lowest BCUT2D eigenvalue weighted by Crippen LogP contribution is -2.46. The molecule has 0 radical (unpaired) electrons. The van der Waals surface area contributed by atoms with Crippen molar-refractivity contribution in [2.24, 2.45) is 7.05 Å². The molecule has 8 heteroatoms. The molecule has 20 heavy (non-hydrogen) atoms. The molecule has 0 aliphatic rings. The molecule has 0 spiro atoms. The first-order valence-electron chi connectivity index (χ1n) is 6.37. The third kappa shape index (κ3) is 4.54. The van der Waals surface area contributed by atoms with Gasteiger partial charge in [-0.3, -0.25) is 4.68 Å². The highest BCUT2D eigenvalue weighted by Gasteiger charge is 2.19. The van der Waals surface area contributed by atoms with Crippen LogP contribution < -0.4 is 10.6 Å². The summed E-state index contributed by atoms with van der Waals surface area (Å²) in [5.74, 6) is -1.18. The molecule has 0 aromatic carbocycles. The Bertz CT molecular complexity index is 472. The van der Waals surface area contributed by atoms with Crippen molar-refractivity contribution in [3.63, 3.8) is 0 Å². The summed E-state index contributed by atoms with van der Waals surface area (Å²) >= 11 is 0. The SMILES string of the molecule is CCc1nn(C)cc1CNC(=O)NC(CCO)C(=O)O. The molecule has 1 atom stereocenters. The van der Waals surface area contributed by atoms with E-state index in [1.165, 1.54) is 0 Å². The summed E-state index contributed by atoms with van der Waals surface area (Å²) in [5, 5.41) is 26.7. The molecule has 1 aromatic heterocycles. The number of nitrogens with one attached hydrogen (secondary N) is 2. The van der Waals surface area contributed by atoms with Crippen molar-refractivity contribution in [2.45, 2.75) is 32.4 Å². The van der Waals surface area contributed by atoms with Crippen molar-refractivity contribution in [3.05, 3.63) is 17.5 Å². The van der Waals surface area contributed by atoms with Crippen LogP contribution in [-0.4, -0.2) is 44.6 Å². The maximum absolute atomic E-state index is 11.6. The zero-order chi connectivity index (χ0) is 15.1. The predicted octanol–water partition coefficient (Wildman–Crippen LogP) is -0.383. The number of nitrogens with zero attached hydrogens (tertiary/aromatic N) is 2. The number of aliphatic carboxylic acids is 1. The van der Waals surface area contributed by atoms with Crippen LogP contribution in [-0.2, 0) is 24.8 Å². The number of aliphatic hydroxyl groups excluding tert-OH is 1. The molecule has 0 fully saturated rings. The number of rotatable bonds is 7. The average molecular weight is 284 g/mol. The quantitative estimate of drug-likeness (QED) is 0.544. The first kappa shape index (κ1) is 16.0. The number of amides is 2. The minimum Gasteiger partial charge on any atom is -0.480 e. The molecule has 2 amide bonds. The molecule has 0 aliphatic carbocycles. The number of urea groups is 1. The van der Waals surface area contributed by atoms with Gasteiger partial charge >= 0.3 is 12.0 Å². The molecule has 0 saturated heterocycles. The summed E-state index contributed by atoms with van der Waals surface area (Å²) in [4.78, 5) is 22.5. The maximum atomic E-state index is 11.6. The van der Waals surface area contributed by atoms with Gasteiger partial charge < -0.3 is 20.8 Å². The number of hydrogen-bond donors (Lipinski definition) is 4. The normalized spacial score (nSPS) is 11.9. The molecule has 1 aromatic rings. The number of aliphatic hydroxyl groups is 1. The van der Waals surface area contributed by atoms with Crippen molar-refractivity contribution in [1.29, 1.82) is 0 Å². The van der Waals surface area contributed by atoms with Gasteiger partial charge in [-0.1, -0.05) is 6.92 Å². The van der Waals surface area contributed by atoms with E-state index in [4.69, 9.17) is 10.2 Å². The summed E-state index contributed by atoms with van der Waals surface area (Å²) in [6, 6.07) is -1.68. The summed E-state index contributed by atoms with van der Waals surface area (Å²) in [6.07, 6.45) is 2.53. The topological polar surface area (TPSA) is 116 Å². The Morgan fingerprint density at radius 1 is 1.50 bits per heavy atom. The number of hydrogen-bond acceptors (Lipinski definition) is 4. The van der Waals surface area contributed by atoms with Gasteiger partial charge in [0.15, 0.2) is 0 Å². The fraction of sp³-hybridized carbons (Fsp3) is 0.583. The Labute approximate surface area is 116 Å². The highest BCUT2D eigenvalue weighted by Crippen LogP contribution is 2.06. The van der Waals surface area contributed by atoms with Gasteiger partial charge in [-0.05, 0) is 6.42 Å². The molecule has 1 unspecified atom stereocenters. The highest BCUT2D eigenvalue weighted by atomic mass is 16.4. The van der Waals surface area contributed by atoms with Gasteiger partial charge in [0.2, 0.25) is 0 Å². The van der Waals surface area contributed by atoms with E-state index in [1.807, 2.05) is 13.1 Å². The third-order valence-electron chi connectivity index (χ3n) is 2.79. The smallest absolute Gasteiger partial charge is 0.326 e. The fourth-order valence-corrected chi connectivity index (χ4v) is 1.80. The molecule has 0 saturated carbocycles. The van der Waals surface area contributed by atoms with Crippen molar-refractivity contribution >= 4 is 12.0 Å². The Kier molecular flexibility index (Phi) is 5.98. The second-order valence-electron chi connectivity index (χ2n) is 4.36. The van der Waals surface area contributed by atoms with Crippen LogP contribution in [0.5, 0.6) is 0 Å². The predicted molar refractivity (Wildman–Crippen MR) is 71.1 cm³/mol. The van der Waals surface area contributed by atoms with Crippen LogP contribution >= 0.6 is 0 Å². The molecule has 4 N–H and O–H groups in total. The zero-order valence-corrected chi connectivity index (χ0v) is 11.6. The number of carboxylic acids is 1. The Balaban J connectivity index is 2.52. The van der Waals surface area contributed by atoms with E-state index in [9.17, 15) is 9.59 Å². The summed E-state index contributed by atoms with van der Waals surface area (Å²) in [5.41, 5.74) is 1.78. The van der Waals surface area contributed by atoms with Crippen LogP contribution in [0.15, 0.2) is 6.20 Å². The first-order chi connectivity index (χ1) is 9.47. The van der Waals surface area contributed by atoms with Crippen molar-refractivity contribution < 1.29 is 19.8 Å². The van der Waals surface area contributed by atoms with Gasteiger partial charge in [0, 0.05) is 38.4 Å². The molecule has 8 nitrogen and oxygen atoms in total. The number of aryl methyl sites for hydroxylation is 2.